The number of carbonyl (C=O) groups is 1. The van der Waals surface area contributed by atoms with Crippen LogP contribution in [0.5, 0.6) is 5.75 Å². The summed E-state index contributed by atoms with van der Waals surface area (Å²) in [5.41, 5.74) is 3.70. The molecule has 0 aliphatic carbocycles. The topological polar surface area (TPSA) is 41.6 Å². The molecule has 1 amide bonds. The van der Waals surface area contributed by atoms with Gasteiger partial charge in [-0.1, -0.05) is 42.0 Å². The van der Waals surface area contributed by atoms with Crippen LogP contribution >= 0.6 is 0 Å². The lowest BCUT2D eigenvalue weighted by atomic mass is 10.0. The molecule has 0 aromatic heterocycles. The third kappa shape index (κ3) is 5.83. The first-order chi connectivity index (χ1) is 13.7. The molecule has 1 heterocycles. The fourth-order valence-corrected chi connectivity index (χ4v) is 3.78. The Morgan fingerprint density at radius 3 is 2.39 bits per heavy atom. The number of ether oxygens (including phenoxy) is 1. The molecule has 0 radical (unpaired) electrons. The summed E-state index contributed by atoms with van der Waals surface area (Å²) in [5.74, 6) is 1.02. The number of hydrogen-bond donors (Lipinski definition) is 1. The van der Waals surface area contributed by atoms with Gasteiger partial charge in [0.15, 0.2) is 0 Å². The van der Waals surface area contributed by atoms with Crippen LogP contribution < -0.4 is 10.1 Å². The molecular weight excluding hydrogens is 348 g/mol. The highest BCUT2D eigenvalue weighted by molar-refractivity contribution is 5.76. The molecule has 1 fully saturated rings. The Morgan fingerprint density at radius 2 is 1.75 bits per heavy atom. The largest absolute Gasteiger partial charge is 0.494 e. The van der Waals surface area contributed by atoms with Crippen molar-refractivity contribution in [3.8, 4) is 5.75 Å². The van der Waals surface area contributed by atoms with Gasteiger partial charge in [0.2, 0.25) is 5.91 Å². The summed E-state index contributed by atoms with van der Waals surface area (Å²) in [4.78, 5) is 14.9. The number of nitrogens with one attached hydrogen (secondary N) is 1. The Bertz CT molecular complexity index is 734. The van der Waals surface area contributed by atoms with E-state index >= 15 is 0 Å². The quantitative estimate of drug-likeness (QED) is 0.706. The van der Waals surface area contributed by atoms with E-state index in [0.29, 0.717) is 19.6 Å². The average Bonchev–Trinajstić information content (AvgIpc) is 3.24. The summed E-state index contributed by atoms with van der Waals surface area (Å²) in [7, 11) is 0. The van der Waals surface area contributed by atoms with Crippen LogP contribution in [-0.4, -0.2) is 37.0 Å². The molecule has 1 aliphatic rings. The lowest BCUT2D eigenvalue weighted by Crippen LogP contribution is -2.36. The first-order valence-corrected chi connectivity index (χ1v) is 10.4. The molecule has 0 spiro atoms. The molecule has 4 nitrogen and oxygen atoms in total. The number of nitrogens with zero attached hydrogens (tertiary/aromatic N) is 1. The van der Waals surface area contributed by atoms with Gasteiger partial charge < -0.3 is 10.1 Å². The first kappa shape index (κ1) is 20.4. The van der Waals surface area contributed by atoms with Crippen molar-refractivity contribution in [1.82, 2.24) is 10.2 Å². The fourth-order valence-electron chi connectivity index (χ4n) is 3.78. The van der Waals surface area contributed by atoms with Gasteiger partial charge in [0.05, 0.1) is 12.6 Å². The predicted molar refractivity (Wildman–Crippen MR) is 114 cm³/mol. The molecule has 0 saturated carbocycles. The van der Waals surface area contributed by atoms with Gasteiger partial charge in [-0.2, -0.15) is 0 Å². The minimum Gasteiger partial charge on any atom is -0.494 e. The van der Waals surface area contributed by atoms with E-state index in [2.05, 4.69) is 53.5 Å². The highest BCUT2D eigenvalue weighted by Crippen LogP contribution is 2.26. The Labute approximate surface area is 168 Å². The maximum atomic E-state index is 12.4. The molecule has 2 aromatic carbocycles. The molecule has 1 N–H and O–H groups in total. The van der Waals surface area contributed by atoms with Crippen molar-refractivity contribution in [2.24, 2.45) is 0 Å². The van der Waals surface area contributed by atoms with Crippen LogP contribution in [0.25, 0.3) is 0 Å². The van der Waals surface area contributed by atoms with Gasteiger partial charge in [-0.15, -0.1) is 0 Å². The summed E-state index contributed by atoms with van der Waals surface area (Å²) in [6, 6.07) is 17.0. The number of carbonyl (C=O) groups excluding carboxylic acids is 1. The zero-order valence-corrected chi connectivity index (χ0v) is 17.1. The van der Waals surface area contributed by atoms with E-state index in [4.69, 9.17) is 4.74 Å². The van der Waals surface area contributed by atoms with Crippen molar-refractivity contribution in [2.75, 3.05) is 26.2 Å². The Hall–Kier alpha value is -2.33. The molecular formula is C24H32N2O2. The van der Waals surface area contributed by atoms with Gasteiger partial charge in [-0.3, -0.25) is 9.69 Å². The number of aryl methyl sites for hydroxylation is 2. The summed E-state index contributed by atoms with van der Waals surface area (Å²) in [6.45, 7) is 7.59. The molecule has 1 atom stereocenters. The molecule has 4 heteroatoms. The lowest BCUT2D eigenvalue weighted by Gasteiger charge is -2.28. The Balaban J connectivity index is 1.56. The van der Waals surface area contributed by atoms with E-state index in [-0.39, 0.29) is 11.9 Å². The molecule has 150 valence electrons. The second kappa shape index (κ2) is 10.3. The number of benzene rings is 2. The Kier molecular flexibility index (Phi) is 7.49. The second-order valence-corrected chi connectivity index (χ2v) is 7.55. The van der Waals surface area contributed by atoms with E-state index < -0.39 is 0 Å². The van der Waals surface area contributed by atoms with Crippen molar-refractivity contribution in [3.05, 3.63) is 65.2 Å². The van der Waals surface area contributed by atoms with Gasteiger partial charge >= 0.3 is 0 Å². The van der Waals surface area contributed by atoms with Crippen molar-refractivity contribution in [2.45, 2.75) is 45.6 Å². The number of likely N-dealkylation sites (tertiary alicyclic amines) is 1. The van der Waals surface area contributed by atoms with E-state index in [1.54, 1.807) is 0 Å². The first-order valence-electron chi connectivity index (χ1n) is 10.4. The molecule has 2 aromatic rings. The molecule has 1 unspecified atom stereocenters. The molecule has 1 saturated heterocycles. The zero-order chi connectivity index (χ0) is 19.8. The van der Waals surface area contributed by atoms with Crippen molar-refractivity contribution < 1.29 is 9.53 Å². The maximum absolute atomic E-state index is 12.4. The van der Waals surface area contributed by atoms with Crippen molar-refractivity contribution in [3.63, 3.8) is 0 Å². The molecule has 1 aliphatic heterocycles. The number of rotatable bonds is 9. The van der Waals surface area contributed by atoms with Crippen LogP contribution in [0.3, 0.4) is 0 Å². The molecule has 3 rings (SSSR count). The predicted octanol–water partition coefficient (Wildman–Crippen LogP) is 4.28. The summed E-state index contributed by atoms with van der Waals surface area (Å²) >= 11 is 0. The third-order valence-electron chi connectivity index (χ3n) is 5.41. The van der Waals surface area contributed by atoms with Gasteiger partial charge in [0, 0.05) is 13.0 Å². The minimum atomic E-state index is 0.121. The van der Waals surface area contributed by atoms with E-state index in [0.717, 1.165) is 25.3 Å². The van der Waals surface area contributed by atoms with Crippen LogP contribution in [0.2, 0.25) is 0 Å². The van der Waals surface area contributed by atoms with Gasteiger partial charge in [-0.05, 0) is 69.5 Å². The summed E-state index contributed by atoms with van der Waals surface area (Å²) < 4.78 is 5.56. The van der Waals surface area contributed by atoms with Gasteiger partial charge in [0.1, 0.15) is 5.75 Å². The average molecular weight is 381 g/mol. The minimum absolute atomic E-state index is 0.121. The maximum Gasteiger partial charge on any atom is 0.220 e. The SMILES string of the molecule is CCOc1ccc(C(CNC(=O)CCc2ccc(C)cc2)N2CCCC2)cc1. The summed E-state index contributed by atoms with van der Waals surface area (Å²) in [5, 5.41) is 3.17. The fraction of sp³-hybridized carbons (Fsp3) is 0.458. The second-order valence-electron chi connectivity index (χ2n) is 7.55. The van der Waals surface area contributed by atoms with Crippen LogP contribution in [0, 0.1) is 6.92 Å². The zero-order valence-electron chi connectivity index (χ0n) is 17.1. The molecule has 0 bridgehead atoms. The number of amides is 1. The number of hydrogen-bond acceptors (Lipinski definition) is 3. The van der Waals surface area contributed by atoms with Crippen LogP contribution in [0.4, 0.5) is 0 Å². The monoisotopic (exact) mass is 380 g/mol. The lowest BCUT2D eigenvalue weighted by molar-refractivity contribution is -0.121. The van der Waals surface area contributed by atoms with Crippen molar-refractivity contribution >= 4 is 5.91 Å². The van der Waals surface area contributed by atoms with Crippen LogP contribution in [0.15, 0.2) is 48.5 Å². The Morgan fingerprint density at radius 1 is 1.07 bits per heavy atom. The normalized spacial score (nSPS) is 15.4. The van der Waals surface area contributed by atoms with Gasteiger partial charge in [-0.25, -0.2) is 0 Å². The smallest absolute Gasteiger partial charge is 0.220 e. The van der Waals surface area contributed by atoms with E-state index in [9.17, 15) is 4.79 Å². The van der Waals surface area contributed by atoms with Gasteiger partial charge in [0.25, 0.3) is 0 Å². The third-order valence-corrected chi connectivity index (χ3v) is 5.41. The highest BCUT2D eigenvalue weighted by Gasteiger charge is 2.24. The highest BCUT2D eigenvalue weighted by atomic mass is 16.5. The van der Waals surface area contributed by atoms with Crippen LogP contribution in [-0.2, 0) is 11.2 Å². The summed E-state index contributed by atoms with van der Waals surface area (Å²) in [6.07, 6.45) is 3.77. The molecule has 28 heavy (non-hydrogen) atoms. The standard InChI is InChI=1S/C24H32N2O2/c1-3-28-22-13-11-21(12-14-22)23(26-16-4-5-17-26)18-25-24(27)15-10-20-8-6-19(2)7-9-20/h6-9,11-14,23H,3-5,10,15-18H2,1-2H3,(H,25,27). The van der Waals surface area contributed by atoms with Crippen LogP contribution in [0.1, 0.15) is 48.9 Å². The van der Waals surface area contributed by atoms with E-state index in [1.165, 1.54) is 29.5 Å². The van der Waals surface area contributed by atoms with Crippen molar-refractivity contribution in [1.29, 1.82) is 0 Å². The van der Waals surface area contributed by atoms with E-state index in [1.807, 2.05) is 19.1 Å².